The summed E-state index contributed by atoms with van der Waals surface area (Å²) in [6.45, 7) is 4.16. The van der Waals surface area contributed by atoms with Crippen LogP contribution in [0.2, 0.25) is 0 Å². The van der Waals surface area contributed by atoms with E-state index in [0.29, 0.717) is 17.4 Å². The number of carbonyl (C=O) groups excluding carboxylic acids is 2. The second kappa shape index (κ2) is 13.2. The van der Waals surface area contributed by atoms with Crippen LogP contribution in [0.15, 0.2) is 106 Å². The normalized spacial score (nSPS) is 14.3. The minimum absolute atomic E-state index is 0.0878. The molecule has 0 bridgehead atoms. The molecule has 0 unspecified atom stereocenters. The number of ether oxygens (including phenoxy) is 1. The fraction of sp³-hybridized carbons (Fsp3) is 0.206. The highest BCUT2D eigenvalue weighted by atomic mass is 32.2. The quantitative estimate of drug-likeness (QED) is 0.194. The molecule has 6 rings (SSSR count). The van der Waals surface area contributed by atoms with Gasteiger partial charge in [-0.25, -0.2) is 5.01 Å². The smallest absolute Gasteiger partial charge is 0.287 e. The highest BCUT2D eigenvalue weighted by Gasteiger charge is 2.33. The number of methoxy groups -OCH3 is 1. The zero-order valence-corrected chi connectivity index (χ0v) is 26.0. The summed E-state index contributed by atoms with van der Waals surface area (Å²) in [6, 6.07) is 26.8. The van der Waals surface area contributed by atoms with Crippen LogP contribution in [-0.4, -0.2) is 50.2 Å². The van der Waals surface area contributed by atoms with Crippen LogP contribution in [-0.2, 0) is 11.3 Å². The summed E-state index contributed by atoms with van der Waals surface area (Å²) in [6.07, 6.45) is 2.04. The third kappa shape index (κ3) is 6.68. The number of thioether (sulfide) groups is 1. The summed E-state index contributed by atoms with van der Waals surface area (Å²) in [4.78, 5) is 26.4. The van der Waals surface area contributed by atoms with Gasteiger partial charge in [0.1, 0.15) is 5.75 Å². The van der Waals surface area contributed by atoms with Crippen LogP contribution in [0.4, 0.5) is 0 Å². The Balaban J connectivity index is 1.25. The van der Waals surface area contributed by atoms with Crippen molar-refractivity contribution in [2.24, 2.45) is 5.10 Å². The Labute approximate surface area is 265 Å². The van der Waals surface area contributed by atoms with Crippen molar-refractivity contribution < 1.29 is 18.7 Å². The fourth-order valence-corrected chi connectivity index (χ4v) is 5.95. The van der Waals surface area contributed by atoms with Gasteiger partial charge in [0.05, 0.1) is 37.4 Å². The molecule has 11 heteroatoms. The van der Waals surface area contributed by atoms with Crippen LogP contribution in [0.3, 0.4) is 0 Å². The van der Waals surface area contributed by atoms with Crippen molar-refractivity contribution in [2.75, 3.05) is 12.9 Å². The molecule has 10 nitrogen and oxygen atoms in total. The molecule has 3 aromatic carbocycles. The first-order chi connectivity index (χ1) is 21.9. The Bertz CT molecular complexity index is 1830. The molecule has 1 aliphatic heterocycles. The zero-order valence-electron chi connectivity index (χ0n) is 25.1. The van der Waals surface area contributed by atoms with Gasteiger partial charge in [0.15, 0.2) is 16.7 Å². The summed E-state index contributed by atoms with van der Waals surface area (Å²) in [7, 11) is 1.63. The number of furan rings is 1. The Morgan fingerprint density at radius 3 is 2.49 bits per heavy atom. The van der Waals surface area contributed by atoms with Crippen molar-refractivity contribution in [1.29, 1.82) is 0 Å². The lowest BCUT2D eigenvalue weighted by Crippen LogP contribution is -2.28. The van der Waals surface area contributed by atoms with Crippen LogP contribution in [0.25, 0.3) is 5.69 Å². The van der Waals surface area contributed by atoms with E-state index in [2.05, 4.69) is 39.8 Å². The van der Waals surface area contributed by atoms with Gasteiger partial charge in [0.2, 0.25) is 0 Å². The molecule has 2 amide bonds. The van der Waals surface area contributed by atoms with E-state index in [4.69, 9.17) is 14.3 Å². The minimum Gasteiger partial charge on any atom is -0.497 e. The SMILES string of the molecule is COc1ccc(C2=NN(C(=O)CSc3nnc(CNC(=O)c4ccco4)n3-c3cccc(C)c3)[C@H](c3ccc(C)cc3)C2)cc1. The average molecular weight is 621 g/mol. The maximum Gasteiger partial charge on any atom is 0.287 e. The molecule has 3 heterocycles. The van der Waals surface area contributed by atoms with Gasteiger partial charge in [-0.05, 0) is 79.1 Å². The number of benzene rings is 3. The lowest BCUT2D eigenvalue weighted by molar-refractivity contribution is -0.130. The van der Waals surface area contributed by atoms with E-state index in [-0.39, 0.29) is 35.9 Å². The number of hydrogen-bond donors (Lipinski definition) is 1. The summed E-state index contributed by atoms with van der Waals surface area (Å²) < 4.78 is 12.4. The molecule has 45 heavy (non-hydrogen) atoms. The molecular weight excluding hydrogens is 588 g/mol. The van der Waals surface area contributed by atoms with Crippen LogP contribution < -0.4 is 10.1 Å². The molecule has 2 aromatic heterocycles. The number of carbonyl (C=O) groups is 2. The van der Waals surface area contributed by atoms with Crippen LogP contribution in [0.5, 0.6) is 5.75 Å². The molecule has 5 aromatic rings. The largest absolute Gasteiger partial charge is 0.497 e. The monoisotopic (exact) mass is 620 g/mol. The van der Waals surface area contributed by atoms with E-state index >= 15 is 0 Å². The molecule has 0 aliphatic carbocycles. The lowest BCUT2D eigenvalue weighted by Gasteiger charge is -2.22. The number of aryl methyl sites for hydroxylation is 2. The number of nitrogens with zero attached hydrogens (tertiary/aromatic N) is 5. The van der Waals surface area contributed by atoms with Crippen LogP contribution in [0, 0.1) is 13.8 Å². The highest BCUT2D eigenvalue weighted by molar-refractivity contribution is 7.99. The minimum atomic E-state index is -0.357. The number of rotatable bonds is 10. The Morgan fingerprint density at radius 1 is 0.978 bits per heavy atom. The molecule has 228 valence electrons. The van der Waals surface area contributed by atoms with Gasteiger partial charge in [0.25, 0.3) is 11.8 Å². The number of nitrogens with one attached hydrogen (secondary N) is 1. The van der Waals surface area contributed by atoms with Crippen molar-refractivity contribution in [3.8, 4) is 11.4 Å². The molecule has 0 saturated carbocycles. The predicted octanol–water partition coefficient (Wildman–Crippen LogP) is 5.89. The molecule has 0 spiro atoms. The molecule has 1 N–H and O–H groups in total. The van der Waals surface area contributed by atoms with Crippen LogP contribution >= 0.6 is 11.8 Å². The standard InChI is InChI=1S/C34H32N6O4S/c1-22-9-11-25(12-10-22)29-19-28(24-13-15-27(43-3)16-14-24)38-40(29)32(41)21-45-34-37-36-31(20-35-33(42)30-8-5-17-44-30)39(34)26-7-4-6-23(2)18-26/h4-18,29H,19-21H2,1-3H3,(H,35,42)/t29-/m0/s1. The third-order valence-corrected chi connectivity index (χ3v) is 8.40. The first kappa shape index (κ1) is 29.9. The summed E-state index contributed by atoms with van der Waals surface area (Å²) in [5, 5.41) is 18.6. The van der Waals surface area contributed by atoms with Crippen molar-refractivity contribution >= 4 is 29.3 Å². The van der Waals surface area contributed by atoms with Gasteiger partial charge in [0, 0.05) is 12.1 Å². The zero-order chi connectivity index (χ0) is 31.3. The summed E-state index contributed by atoms with van der Waals surface area (Å²) >= 11 is 1.28. The average Bonchev–Trinajstić information content (AvgIpc) is 3.83. The first-order valence-corrected chi connectivity index (χ1v) is 15.4. The number of hydrogen-bond acceptors (Lipinski definition) is 8. The first-order valence-electron chi connectivity index (χ1n) is 14.5. The van der Waals surface area contributed by atoms with Crippen LogP contribution in [0.1, 0.15) is 51.1 Å². The second-order valence-corrected chi connectivity index (χ2v) is 11.6. The molecular formula is C34H32N6O4S. The number of hydrazone groups is 1. The van der Waals surface area contributed by atoms with Gasteiger partial charge in [-0.1, -0.05) is 53.7 Å². The van der Waals surface area contributed by atoms with Crippen molar-refractivity contribution in [3.63, 3.8) is 0 Å². The predicted molar refractivity (Wildman–Crippen MR) is 172 cm³/mol. The van der Waals surface area contributed by atoms with E-state index in [1.165, 1.54) is 18.0 Å². The van der Waals surface area contributed by atoms with Crippen molar-refractivity contribution in [3.05, 3.63) is 125 Å². The van der Waals surface area contributed by atoms with Gasteiger partial charge >= 0.3 is 0 Å². The Hall–Kier alpha value is -5.16. The van der Waals surface area contributed by atoms with E-state index in [0.717, 1.165) is 39.4 Å². The number of amides is 2. The van der Waals surface area contributed by atoms with Crippen molar-refractivity contribution in [2.45, 2.75) is 38.0 Å². The van der Waals surface area contributed by atoms with E-state index < -0.39 is 0 Å². The van der Waals surface area contributed by atoms with Gasteiger partial charge in [-0.15, -0.1) is 10.2 Å². The molecule has 1 aliphatic rings. The van der Waals surface area contributed by atoms with Gasteiger partial charge < -0.3 is 14.5 Å². The molecule has 0 radical (unpaired) electrons. The highest BCUT2D eigenvalue weighted by Crippen LogP contribution is 2.34. The number of aromatic nitrogens is 3. The van der Waals surface area contributed by atoms with Gasteiger partial charge in [-0.3, -0.25) is 14.2 Å². The maximum atomic E-state index is 13.9. The summed E-state index contributed by atoms with van der Waals surface area (Å²) in [5.74, 6) is 1.07. The lowest BCUT2D eigenvalue weighted by atomic mass is 9.97. The topological polar surface area (TPSA) is 115 Å². The maximum absolute atomic E-state index is 13.9. The van der Waals surface area contributed by atoms with E-state index in [9.17, 15) is 9.59 Å². The fourth-order valence-electron chi connectivity index (χ4n) is 5.13. The molecule has 1 atom stereocenters. The van der Waals surface area contributed by atoms with E-state index in [1.54, 1.807) is 24.3 Å². The van der Waals surface area contributed by atoms with Crippen molar-refractivity contribution in [1.82, 2.24) is 25.1 Å². The Morgan fingerprint density at radius 2 is 1.78 bits per heavy atom. The summed E-state index contributed by atoms with van der Waals surface area (Å²) in [5.41, 5.74) is 5.82. The molecule has 0 saturated heterocycles. The second-order valence-electron chi connectivity index (χ2n) is 10.7. The third-order valence-electron chi connectivity index (χ3n) is 7.49. The van der Waals surface area contributed by atoms with Gasteiger partial charge in [-0.2, -0.15) is 5.10 Å². The van der Waals surface area contributed by atoms with E-state index in [1.807, 2.05) is 66.9 Å². The Kier molecular flexibility index (Phi) is 8.79. The molecule has 0 fully saturated rings.